The lowest BCUT2D eigenvalue weighted by Gasteiger charge is -2.61. The van der Waals surface area contributed by atoms with Crippen LogP contribution in [0.5, 0.6) is 0 Å². The van der Waals surface area contributed by atoms with E-state index in [1.54, 1.807) is 0 Å². The van der Waals surface area contributed by atoms with Gasteiger partial charge in [0.2, 0.25) is 0 Å². The number of hydrogen-bond acceptors (Lipinski definition) is 3. The zero-order valence-electron chi connectivity index (χ0n) is 29.7. The van der Waals surface area contributed by atoms with Crippen molar-refractivity contribution in [2.75, 3.05) is 11.4 Å². The quantitative estimate of drug-likeness (QED) is 0.271. The van der Waals surface area contributed by atoms with E-state index in [1.807, 2.05) is 0 Å². The van der Waals surface area contributed by atoms with E-state index in [1.165, 1.54) is 63.5 Å². The third kappa shape index (κ3) is 5.80. The normalized spacial score (nSPS) is 39.8. The molecule has 1 saturated heterocycles. The lowest BCUT2D eigenvalue weighted by Crippen LogP contribution is -2.55. The lowest BCUT2D eigenvalue weighted by atomic mass is 9.44. The molecule has 0 amide bonds. The van der Waals surface area contributed by atoms with E-state index in [9.17, 15) is 4.79 Å². The maximum atomic E-state index is 13.6. The van der Waals surface area contributed by atoms with E-state index in [2.05, 4.69) is 89.9 Å². The first-order valence-corrected chi connectivity index (χ1v) is 21.7. The number of para-hydroxylation sites is 1. The maximum Gasteiger partial charge on any atom is 0.192 e. The molecule has 4 aliphatic carbocycles. The zero-order valence-corrected chi connectivity index (χ0v) is 30.7. The van der Waals surface area contributed by atoms with Crippen molar-refractivity contribution in [3.8, 4) is 0 Å². The highest BCUT2D eigenvalue weighted by Crippen LogP contribution is 2.68. The minimum absolute atomic E-state index is 0.0882. The number of ketones is 1. The summed E-state index contributed by atoms with van der Waals surface area (Å²) >= 11 is 0. The van der Waals surface area contributed by atoms with Gasteiger partial charge in [-0.1, -0.05) is 59.7 Å². The molecule has 0 N–H and O–H groups in total. The molecular weight excluding hydrogens is 555 g/mol. The Morgan fingerprint density at radius 2 is 1.66 bits per heavy atom. The van der Waals surface area contributed by atoms with Crippen LogP contribution in [-0.4, -0.2) is 32.8 Å². The Kier molecular flexibility index (Phi) is 9.05. The van der Waals surface area contributed by atoms with Gasteiger partial charge < -0.3 is 9.33 Å². The molecule has 1 unspecified atom stereocenters. The van der Waals surface area contributed by atoms with Gasteiger partial charge in [-0.3, -0.25) is 4.79 Å². The Hall–Kier alpha value is -1.13. The summed E-state index contributed by atoms with van der Waals surface area (Å²) < 4.78 is 7.01. The number of Topliss-reactive ketones (excluding diaryl/α,β-unsaturated/α-hetero) is 1. The van der Waals surface area contributed by atoms with Gasteiger partial charge >= 0.3 is 0 Å². The molecule has 0 aromatic heterocycles. The van der Waals surface area contributed by atoms with Crippen molar-refractivity contribution >= 4 is 19.8 Å². The zero-order chi connectivity index (χ0) is 31.5. The van der Waals surface area contributed by atoms with E-state index in [0.717, 1.165) is 61.8 Å². The summed E-state index contributed by atoms with van der Waals surface area (Å²) in [6.07, 6.45) is 17.0. The molecule has 4 heteroatoms. The first kappa shape index (κ1) is 32.8. The highest BCUT2D eigenvalue weighted by Gasteiger charge is 2.61. The molecule has 1 heterocycles. The molecule has 1 aromatic rings. The molecule has 1 aliphatic heterocycles. The van der Waals surface area contributed by atoms with E-state index >= 15 is 0 Å². The monoisotopic (exact) mass is 619 g/mol. The minimum Gasteiger partial charge on any atom is -0.414 e. The Balaban J connectivity index is 1.06. The van der Waals surface area contributed by atoms with Crippen molar-refractivity contribution in [3.63, 3.8) is 0 Å². The van der Waals surface area contributed by atoms with Gasteiger partial charge in [0.15, 0.2) is 14.1 Å². The summed E-state index contributed by atoms with van der Waals surface area (Å²) in [5.74, 6) is 5.50. The van der Waals surface area contributed by atoms with Crippen LogP contribution in [-0.2, 0) is 9.22 Å². The Morgan fingerprint density at radius 3 is 2.39 bits per heavy atom. The Labute approximate surface area is 271 Å². The fourth-order valence-corrected chi connectivity index (χ4v) is 13.1. The summed E-state index contributed by atoms with van der Waals surface area (Å²) in [5.41, 5.74) is 2.21. The van der Waals surface area contributed by atoms with Crippen LogP contribution in [0.1, 0.15) is 125 Å². The van der Waals surface area contributed by atoms with Crippen LogP contribution >= 0.6 is 0 Å². The molecule has 0 radical (unpaired) electrons. The number of anilines is 1. The van der Waals surface area contributed by atoms with E-state index < -0.39 is 8.32 Å². The second-order valence-corrected chi connectivity index (χ2v) is 23.1. The number of fused-ring (bicyclic) bond motifs is 5. The van der Waals surface area contributed by atoms with E-state index in [-0.39, 0.29) is 6.04 Å². The number of carbonyl (C=O) groups excluding carboxylic acids is 1. The molecule has 6 rings (SSSR count). The predicted molar refractivity (Wildman–Crippen MR) is 188 cm³/mol. The minimum atomic E-state index is -1.72. The maximum absolute atomic E-state index is 13.6. The van der Waals surface area contributed by atoms with Gasteiger partial charge in [-0.25, -0.2) is 0 Å². The van der Waals surface area contributed by atoms with Crippen LogP contribution in [0.2, 0.25) is 18.1 Å². The molecule has 44 heavy (non-hydrogen) atoms. The summed E-state index contributed by atoms with van der Waals surface area (Å²) in [6.45, 7) is 21.0. The molecule has 5 fully saturated rings. The van der Waals surface area contributed by atoms with E-state index in [0.29, 0.717) is 33.7 Å². The SMILES string of the molecule is C[C@H](CCC(=O)C1CCCN1c1ccccc1)[C@H]1CC[C@H]2[C@@H]3CC[C@@H]4C[C@H](O[Si](C)(C)C(C)(C)C)CC[C@]4(C)[C@H]3CC[C@]12C. The van der Waals surface area contributed by atoms with Gasteiger partial charge in [-0.2, -0.15) is 0 Å². The van der Waals surface area contributed by atoms with Gasteiger partial charge in [0.1, 0.15) is 0 Å². The first-order chi connectivity index (χ1) is 20.7. The second kappa shape index (κ2) is 12.1. The van der Waals surface area contributed by atoms with Crippen molar-refractivity contribution < 1.29 is 9.22 Å². The van der Waals surface area contributed by atoms with Crippen LogP contribution in [0, 0.1) is 46.3 Å². The van der Waals surface area contributed by atoms with E-state index in [4.69, 9.17) is 4.43 Å². The molecule has 4 saturated carbocycles. The summed E-state index contributed by atoms with van der Waals surface area (Å²) in [6, 6.07) is 10.7. The lowest BCUT2D eigenvalue weighted by molar-refractivity contribution is -0.128. The van der Waals surface area contributed by atoms with Gasteiger partial charge in [-0.05, 0) is 154 Å². The predicted octanol–water partition coefficient (Wildman–Crippen LogP) is 10.7. The summed E-state index contributed by atoms with van der Waals surface area (Å²) in [7, 11) is -1.72. The van der Waals surface area contributed by atoms with Crippen LogP contribution < -0.4 is 4.90 Å². The molecular formula is C40H65NO2Si. The van der Waals surface area contributed by atoms with Crippen molar-refractivity contribution in [1.29, 1.82) is 0 Å². The largest absolute Gasteiger partial charge is 0.414 e. The third-order valence-corrected chi connectivity index (χ3v) is 19.7. The van der Waals surface area contributed by atoms with Crippen molar-refractivity contribution in [2.45, 2.75) is 155 Å². The third-order valence-electron chi connectivity index (χ3n) is 15.2. The molecule has 0 spiro atoms. The van der Waals surface area contributed by atoms with Crippen LogP contribution in [0.3, 0.4) is 0 Å². The fourth-order valence-electron chi connectivity index (χ4n) is 11.7. The van der Waals surface area contributed by atoms with Crippen LogP contribution in [0.15, 0.2) is 30.3 Å². The number of rotatable bonds is 8. The van der Waals surface area contributed by atoms with Crippen LogP contribution in [0.25, 0.3) is 0 Å². The van der Waals surface area contributed by atoms with Gasteiger partial charge in [0.05, 0.1) is 6.04 Å². The van der Waals surface area contributed by atoms with Gasteiger partial charge in [-0.15, -0.1) is 0 Å². The second-order valence-electron chi connectivity index (χ2n) is 18.3. The van der Waals surface area contributed by atoms with Gasteiger partial charge in [0, 0.05) is 24.8 Å². The highest BCUT2D eigenvalue weighted by molar-refractivity contribution is 6.74. The molecule has 246 valence electrons. The molecule has 3 nitrogen and oxygen atoms in total. The first-order valence-electron chi connectivity index (χ1n) is 18.8. The van der Waals surface area contributed by atoms with Crippen LogP contribution in [0.4, 0.5) is 5.69 Å². The average molecular weight is 620 g/mol. The molecule has 5 aliphatic rings. The Bertz CT molecular complexity index is 1160. The fraction of sp³-hybridized carbons (Fsp3) is 0.825. The van der Waals surface area contributed by atoms with Crippen molar-refractivity contribution in [3.05, 3.63) is 30.3 Å². The summed E-state index contributed by atoms with van der Waals surface area (Å²) in [4.78, 5) is 15.9. The van der Waals surface area contributed by atoms with Crippen molar-refractivity contribution in [1.82, 2.24) is 0 Å². The molecule has 10 atom stereocenters. The van der Waals surface area contributed by atoms with Gasteiger partial charge in [0.25, 0.3) is 0 Å². The smallest absolute Gasteiger partial charge is 0.192 e. The number of nitrogens with zero attached hydrogens (tertiary/aromatic N) is 1. The average Bonchev–Trinajstić information content (AvgIpc) is 3.61. The molecule has 0 bridgehead atoms. The number of hydrogen-bond donors (Lipinski definition) is 0. The number of carbonyl (C=O) groups is 1. The highest BCUT2D eigenvalue weighted by atomic mass is 28.4. The van der Waals surface area contributed by atoms with Crippen molar-refractivity contribution in [2.24, 2.45) is 46.3 Å². The Morgan fingerprint density at radius 1 is 0.955 bits per heavy atom. The molecule has 1 aromatic carbocycles. The topological polar surface area (TPSA) is 29.5 Å². The number of benzene rings is 1. The summed E-state index contributed by atoms with van der Waals surface area (Å²) in [5, 5.41) is 0.293. The standard InChI is InChI=1S/C40H65NO2Si/c1-28(16-21-37(42)36-15-12-26-41(36)30-13-10-9-11-14-30)33-19-20-34-32-18-17-29-27-31(43-44(7,8)38(2,3)4)22-24-39(29,5)35(32)23-25-40(33,34)6/h9-11,13-14,28-29,31-36H,12,15-27H2,1-8H3/t28-,29-,31-,32+,33-,34+,35+,36?,39+,40-/m1/s1.